The standard InChI is InChI=1S/C11H16F2N2/c1-14-4-3-5-15(2)11-7-9(12)6-10(13)8-11/h6-8,14H,3-5H2,1-2H3. The Hall–Kier alpha value is -1.16. The summed E-state index contributed by atoms with van der Waals surface area (Å²) in [6.07, 6.45) is 0.936. The van der Waals surface area contributed by atoms with E-state index < -0.39 is 11.6 Å². The van der Waals surface area contributed by atoms with Crippen molar-refractivity contribution in [2.75, 3.05) is 32.1 Å². The highest BCUT2D eigenvalue weighted by Crippen LogP contribution is 2.16. The van der Waals surface area contributed by atoms with Gasteiger partial charge in [0, 0.05) is 25.3 Å². The molecule has 15 heavy (non-hydrogen) atoms. The van der Waals surface area contributed by atoms with E-state index in [0.717, 1.165) is 25.6 Å². The lowest BCUT2D eigenvalue weighted by Gasteiger charge is -2.19. The van der Waals surface area contributed by atoms with E-state index in [1.165, 1.54) is 12.1 Å². The van der Waals surface area contributed by atoms with Crippen molar-refractivity contribution in [3.63, 3.8) is 0 Å². The van der Waals surface area contributed by atoms with Crippen LogP contribution in [0.4, 0.5) is 14.5 Å². The van der Waals surface area contributed by atoms with Gasteiger partial charge in [-0.3, -0.25) is 0 Å². The van der Waals surface area contributed by atoms with Crippen LogP contribution in [-0.2, 0) is 0 Å². The van der Waals surface area contributed by atoms with Crippen LogP contribution in [0.2, 0.25) is 0 Å². The number of anilines is 1. The van der Waals surface area contributed by atoms with E-state index in [2.05, 4.69) is 5.32 Å². The van der Waals surface area contributed by atoms with E-state index in [0.29, 0.717) is 5.69 Å². The minimum Gasteiger partial charge on any atom is -0.374 e. The highest BCUT2D eigenvalue weighted by atomic mass is 19.1. The van der Waals surface area contributed by atoms with Crippen LogP contribution < -0.4 is 10.2 Å². The van der Waals surface area contributed by atoms with Crippen LogP contribution in [0, 0.1) is 11.6 Å². The van der Waals surface area contributed by atoms with Crippen molar-refractivity contribution >= 4 is 5.69 Å². The van der Waals surface area contributed by atoms with E-state index >= 15 is 0 Å². The lowest BCUT2D eigenvalue weighted by molar-refractivity contribution is 0.582. The van der Waals surface area contributed by atoms with Crippen LogP contribution in [-0.4, -0.2) is 27.2 Å². The highest BCUT2D eigenvalue weighted by molar-refractivity contribution is 5.45. The molecule has 0 aliphatic heterocycles. The molecule has 0 atom stereocenters. The predicted molar refractivity (Wildman–Crippen MR) is 58.2 cm³/mol. The van der Waals surface area contributed by atoms with Crippen molar-refractivity contribution in [2.24, 2.45) is 0 Å². The lowest BCUT2D eigenvalue weighted by Crippen LogP contribution is -2.22. The summed E-state index contributed by atoms with van der Waals surface area (Å²) in [7, 11) is 3.70. The van der Waals surface area contributed by atoms with Crippen molar-refractivity contribution in [1.82, 2.24) is 5.32 Å². The molecular weight excluding hydrogens is 198 g/mol. The molecule has 0 heterocycles. The van der Waals surface area contributed by atoms with Gasteiger partial charge < -0.3 is 10.2 Å². The van der Waals surface area contributed by atoms with Crippen molar-refractivity contribution in [2.45, 2.75) is 6.42 Å². The fourth-order valence-electron chi connectivity index (χ4n) is 1.38. The van der Waals surface area contributed by atoms with E-state index in [9.17, 15) is 8.78 Å². The van der Waals surface area contributed by atoms with E-state index in [-0.39, 0.29) is 0 Å². The van der Waals surface area contributed by atoms with Gasteiger partial charge in [0.05, 0.1) is 0 Å². The van der Waals surface area contributed by atoms with Crippen molar-refractivity contribution in [1.29, 1.82) is 0 Å². The maximum absolute atomic E-state index is 12.9. The smallest absolute Gasteiger partial charge is 0.128 e. The van der Waals surface area contributed by atoms with Gasteiger partial charge in [0.15, 0.2) is 0 Å². The van der Waals surface area contributed by atoms with Crippen molar-refractivity contribution < 1.29 is 8.78 Å². The molecule has 84 valence electrons. The minimum absolute atomic E-state index is 0.537. The fraction of sp³-hybridized carbons (Fsp3) is 0.455. The third-order valence-electron chi connectivity index (χ3n) is 2.21. The Kier molecular flexibility index (Phi) is 4.49. The zero-order valence-electron chi connectivity index (χ0n) is 9.06. The first-order chi connectivity index (χ1) is 7.13. The maximum atomic E-state index is 12.9. The molecule has 0 fully saturated rings. The molecule has 0 aromatic heterocycles. The first-order valence-electron chi connectivity index (χ1n) is 4.95. The third kappa shape index (κ3) is 3.83. The first kappa shape index (κ1) is 11.9. The maximum Gasteiger partial charge on any atom is 0.128 e. The van der Waals surface area contributed by atoms with Gasteiger partial charge in [-0.1, -0.05) is 0 Å². The molecule has 4 heteroatoms. The number of rotatable bonds is 5. The number of nitrogens with one attached hydrogen (secondary N) is 1. The number of benzene rings is 1. The van der Waals surface area contributed by atoms with Crippen LogP contribution in [0.3, 0.4) is 0 Å². The van der Waals surface area contributed by atoms with Gasteiger partial charge in [-0.2, -0.15) is 0 Å². The largest absolute Gasteiger partial charge is 0.374 e. The van der Waals surface area contributed by atoms with Gasteiger partial charge >= 0.3 is 0 Å². The monoisotopic (exact) mass is 214 g/mol. The van der Waals surface area contributed by atoms with Crippen molar-refractivity contribution in [3.8, 4) is 0 Å². The highest BCUT2D eigenvalue weighted by Gasteiger charge is 2.04. The zero-order valence-corrected chi connectivity index (χ0v) is 9.06. The Morgan fingerprint density at radius 1 is 1.20 bits per heavy atom. The van der Waals surface area contributed by atoms with Crippen LogP contribution in [0.1, 0.15) is 6.42 Å². The Bertz CT molecular complexity index is 295. The summed E-state index contributed by atoms with van der Waals surface area (Å²) in [5.74, 6) is -1.07. The normalized spacial score (nSPS) is 10.4. The molecule has 0 bridgehead atoms. The van der Waals surface area contributed by atoms with Gasteiger partial charge in [0.25, 0.3) is 0 Å². The molecular formula is C11H16F2N2. The SMILES string of the molecule is CNCCCN(C)c1cc(F)cc(F)c1. The molecule has 0 saturated carbocycles. The number of nitrogens with zero attached hydrogens (tertiary/aromatic N) is 1. The fourth-order valence-corrected chi connectivity index (χ4v) is 1.38. The molecule has 1 aromatic carbocycles. The summed E-state index contributed by atoms with van der Waals surface area (Å²) in [5, 5.41) is 3.02. The third-order valence-corrected chi connectivity index (χ3v) is 2.21. The number of halogens is 2. The summed E-state index contributed by atoms with van der Waals surface area (Å²) >= 11 is 0. The Balaban J connectivity index is 2.60. The van der Waals surface area contributed by atoms with Crippen LogP contribution in [0.5, 0.6) is 0 Å². The second-order valence-electron chi connectivity index (χ2n) is 3.51. The van der Waals surface area contributed by atoms with Gasteiger partial charge in [0.1, 0.15) is 11.6 Å². The van der Waals surface area contributed by atoms with Crippen LogP contribution in [0.15, 0.2) is 18.2 Å². The molecule has 0 unspecified atom stereocenters. The van der Waals surface area contributed by atoms with E-state index in [1.807, 2.05) is 19.0 Å². The Morgan fingerprint density at radius 2 is 1.80 bits per heavy atom. The first-order valence-corrected chi connectivity index (χ1v) is 4.95. The average Bonchev–Trinajstić information content (AvgIpc) is 2.16. The van der Waals surface area contributed by atoms with Gasteiger partial charge in [-0.05, 0) is 32.1 Å². The lowest BCUT2D eigenvalue weighted by atomic mass is 10.2. The van der Waals surface area contributed by atoms with Crippen LogP contribution >= 0.6 is 0 Å². The summed E-state index contributed by atoms with van der Waals surface area (Å²) in [4.78, 5) is 1.84. The summed E-state index contributed by atoms with van der Waals surface area (Å²) in [5.41, 5.74) is 0.573. The quantitative estimate of drug-likeness (QED) is 0.754. The molecule has 0 spiro atoms. The molecule has 0 amide bonds. The van der Waals surface area contributed by atoms with Gasteiger partial charge in [0.2, 0.25) is 0 Å². The number of hydrogen-bond donors (Lipinski definition) is 1. The molecule has 0 aliphatic carbocycles. The minimum atomic E-state index is -0.537. The zero-order chi connectivity index (χ0) is 11.3. The Morgan fingerprint density at radius 3 is 2.33 bits per heavy atom. The molecule has 0 saturated heterocycles. The molecule has 1 N–H and O–H groups in total. The predicted octanol–water partition coefficient (Wildman–Crippen LogP) is 2.01. The summed E-state index contributed by atoms with van der Waals surface area (Å²) in [6.45, 7) is 1.66. The average molecular weight is 214 g/mol. The topological polar surface area (TPSA) is 15.3 Å². The molecule has 0 aliphatic rings. The van der Waals surface area contributed by atoms with Crippen molar-refractivity contribution in [3.05, 3.63) is 29.8 Å². The Labute approximate surface area is 88.9 Å². The van der Waals surface area contributed by atoms with Gasteiger partial charge in [-0.15, -0.1) is 0 Å². The van der Waals surface area contributed by atoms with E-state index in [4.69, 9.17) is 0 Å². The van der Waals surface area contributed by atoms with E-state index in [1.54, 1.807) is 0 Å². The molecule has 1 rings (SSSR count). The summed E-state index contributed by atoms with van der Waals surface area (Å²) < 4.78 is 25.8. The van der Waals surface area contributed by atoms with Gasteiger partial charge in [-0.25, -0.2) is 8.78 Å². The second kappa shape index (κ2) is 5.66. The number of hydrogen-bond acceptors (Lipinski definition) is 2. The molecule has 2 nitrogen and oxygen atoms in total. The summed E-state index contributed by atoms with van der Waals surface area (Å²) in [6, 6.07) is 3.55. The molecule has 1 aromatic rings. The second-order valence-corrected chi connectivity index (χ2v) is 3.51. The van der Waals surface area contributed by atoms with Crippen LogP contribution in [0.25, 0.3) is 0 Å². The molecule has 0 radical (unpaired) electrons.